The summed E-state index contributed by atoms with van der Waals surface area (Å²) in [4.78, 5) is 11.7. The first kappa shape index (κ1) is 12.4. The topological polar surface area (TPSA) is 56.2 Å². The Labute approximate surface area is 105 Å². The Morgan fingerprint density at radius 1 is 1.76 bits per heavy atom. The quantitative estimate of drug-likeness (QED) is 0.880. The van der Waals surface area contributed by atoms with E-state index in [-0.39, 0.29) is 18.6 Å². The van der Waals surface area contributed by atoms with Gasteiger partial charge in [-0.25, -0.2) is 0 Å². The summed E-state index contributed by atoms with van der Waals surface area (Å²) in [6.07, 6.45) is 3.81. The van der Waals surface area contributed by atoms with Crippen molar-refractivity contribution < 1.29 is 9.53 Å². The maximum Gasteiger partial charge on any atom is 0.241 e. The highest BCUT2D eigenvalue weighted by Crippen LogP contribution is 2.13. The number of hydrogen-bond donors (Lipinski definition) is 1. The summed E-state index contributed by atoms with van der Waals surface area (Å²) >= 11 is 5.86. The molecule has 0 saturated carbocycles. The van der Waals surface area contributed by atoms with Crippen molar-refractivity contribution >= 4 is 17.5 Å². The molecule has 1 aromatic heterocycles. The van der Waals surface area contributed by atoms with Gasteiger partial charge in [-0.15, -0.1) is 0 Å². The Kier molecular flexibility index (Phi) is 4.02. The molecule has 1 atom stereocenters. The van der Waals surface area contributed by atoms with E-state index in [1.54, 1.807) is 10.9 Å². The van der Waals surface area contributed by atoms with E-state index in [9.17, 15) is 4.79 Å². The molecule has 1 amide bonds. The molecule has 0 spiro atoms. The summed E-state index contributed by atoms with van der Waals surface area (Å²) < 4.78 is 7.01. The van der Waals surface area contributed by atoms with Gasteiger partial charge >= 0.3 is 0 Å². The molecule has 1 N–H and O–H groups in total. The molecule has 1 unspecified atom stereocenters. The minimum absolute atomic E-state index is 0.0663. The Morgan fingerprint density at radius 3 is 3.18 bits per heavy atom. The van der Waals surface area contributed by atoms with Crippen molar-refractivity contribution in [2.75, 3.05) is 13.2 Å². The smallest absolute Gasteiger partial charge is 0.241 e. The summed E-state index contributed by atoms with van der Waals surface area (Å²) in [5.41, 5.74) is 0.805. The molecular weight excluding hydrogens is 242 g/mol. The van der Waals surface area contributed by atoms with Gasteiger partial charge < -0.3 is 10.1 Å². The summed E-state index contributed by atoms with van der Waals surface area (Å²) in [5.74, 6) is -0.0663. The van der Waals surface area contributed by atoms with Crippen molar-refractivity contribution in [1.82, 2.24) is 15.1 Å². The number of nitrogens with one attached hydrogen (secondary N) is 1. The van der Waals surface area contributed by atoms with Gasteiger partial charge in [-0.1, -0.05) is 11.6 Å². The second-order valence-electron chi connectivity index (χ2n) is 4.17. The number of ether oxygens (including phenoxy) is 1. The molecule has 1 aliphatic rings. The van der Waals surface area contributed by atoms with E-state index in [0.29, 0.717) is 11.6 Å². The molecule has 1 fully saturated rings. The van der Waals surface area contributed by atoms with Crippen LogP contribution in [-0.2, 0) is 16.1 Å². The van der Waals surface area contributed by atoms with E-state index in [0.717, 1.165) is 25.1 Å². The second-order valence-corrected chi connectivity index (χ2v) is 4.58. The lowest BCUT2D eigenvalue weighted by Gasteiger charge is -2.11. The molecule has 0 bridgehead atoms. The van der Waals surface area contributed by atoms with E-state index in [1.165, 1.54) is 0 Å². The highest BCUT2D eigenvalue weighted by atomic mass is 35.5. The van der Waals surface area contributed by atoms with Crippen LogP contribution in [0.15, 0.2) is 6.20 Å². The van der Waals surface area contributed by atoms with Gasteiger partial charge in [-0.05, 0) is 19.8 Å². The zero-order valence-electron chi connectivity index (χ0n) is 9.78. The number of hydrogen-bond acceptors (Lipinski definition) is 3. The second kappa shape index (κ2) is 5.51. The molecule has 0 radical (unpaired) electrons. The molecule has 17 heavy (non-hydrogen) atoms. The number of rotatable bonds is 4. The highest BCUT2D eigenvalue weighted by molar-refractivity contribution is 6.31. The number of aromatic nitrogens is 2. The van der Waals surface area contributed by atoms with E-state index >= 15 is 0 Å². The number of nitrogens with zero attached hydrogens (tertiary/aromatic N) is 2. The summed E-state index contributed by atoms with van der Waals surface area (Å²) in [6, 6.07) is 0. The Balaban J connectivity index is 1.78. The molecule has 5 nitrogen and oxygen atoms in total. The third-order valence-corrected chi connectivity index (χ3v) is 3.26. The van der Waals surface area contributed by atoms with Crippen molar-refractivity contribution in [1.29, 1.82) is 0 Å². The van der Waals surface area contributed by atoms with E-state index < -0.39 is 0 Å². The van der Waals surface area contributed by atoms with E-state index in [4.69, 9.17) is 16.3 Å². The Hall–Kier alpha value is -1.07. The van der Waals surface area contributed by atoms with Crippen molar-refractivity contribution in [3.8, 4) is 0 Å². The van der Waals surface area contributed by atoms with Gasteiger partial charge in [0, 0.05) is 13.2 Å². The van der Waals surface area contributed by atoms with Crippen LogP contribution in [0.5, 0.6) is 0 Å². The zero-order chi connectivity index (χ0) is 12.3. The fourth-order valence-electron chi connectivity index (χ4n) is 1.81. The molecule has 2 heterocycles. The molecule has 1 aromatic rings. The molecule has 0 aromatic carbocycles. The van der Waals surface area contributed by atoms with Crippen molar-refractivity contribution in [3.05, 3.63) is 16.9 Å². The predicted octanol–water partition coefficient (Wildman–Crippen LogP) is 1.14. The number of halogens is 1. The fraction of sp³-hybridized carbons (Fsp3) is 0.636. The molecule has 0 aliphatic carbocycles. The average Bonchev–Trinajstić information content (AvgIpc) is 2.92. The number of amides is 1. The van der Waals surface area contributed by atoms with Crippen LogP contribution < -0.4 is 5.32 Å². The zero-order valence-corrected chi connectivity index (χ0v) is 10.5. The molecule has 6 heteroatoms. The first-order valence-corrected chi connectivity index (χ1v) is 6.11. The highest BCUT2D eigenvalue weighted by Gasteiger charge is 2.16. The van der Waals surface area contributed by atoms with Gasteiger partial charge in [0.1, 0.15) is 6.54 Å². The van der Waals surface area contributed by atoms with Crippen LogP contribution >= 0.6 is 11.6 Å². The monoisotopic (exact) mass is 257 g/mol. The lowest BCUT2D eigenvalue weighted by Crippen LogP contribution is -2.34. The Bertz CT molecular complexity index is 399. The van der Waals surface area contributed by atoms with Gasteiger partial charge in [-0.3, -0.25) is 9.48 Å². The average molecular weight is 258 g/mol. The Morgan fingerprint density at radius 2 is 2.59 bits per heavy atom. The largest absolute Gasteiger partial charge is 0.376 e. The van der Waals surface area contributed by atoms with Gasteiger partial charge in [0.15, 0.2) is 0 Å². The minimum Gasteiger partial charge on any atom is -0.376 e. The summed E-state index contributed by atoms with van der Waals surface area (Å²) in [6.45, 7) is 3.41. The lowest BCUT2D eigenvalue weighted by molar-refractivity contribution is -0.122. The lowest BCUT2D eigenvalue weighted by atomic mass is 10.2. The third-order valence-electron chi connectivity index (χ3n) is 2.89. The first-order valence-electron chi connectivity index (χ1n) is 5.73. The molecular formula is C11H16ClN3O2. The SMILES string of the molecule is Cc1c(Cl)cnn1CC(=O)NCC1CCCO1. The van der Waals surface area contributed by atoms with Gasteiger partial charge in [0.2, 0.25) is 5.91 Å². The number of carbonyl (C=O) groups is 1. The van der Waals surface area contributed by atoms with Crippen LogP contribution in [0.25, 0.3) is 0 Å². The molecule has 1 aliphatic heterocycles. The fourth-order valence-corrected chi connectivity index (χ4v) is 1.95. The van der Waals surface area contributed by atoms with Crippen LogP contribution in [-0.4, -0.2) is 34.9 Å². The normalized spacial score (nSPS) is 19.5. The van der Waals surface area contributed by atoms with Gasteiger partial charge in [-0.2, -0.15) is 5.10 Å². The molecule has 1 saturated heterocycles. The van der Waals surface area contributed by atoms with E-state index in [2.05, 4.69) is 10.4 Å². The molecule has 94 valence electrons. The van der Waals surface area contributed by atoms with Crippen molar-refractivity contribution in [3.63, 3.8) is 0 Å². The maximum atomic E-state index is 11.7. The van der Waals surface area contributed by atoms with Crippen LogP contribution in [0.1, 0.15) is 18.5 Å². The van der Waals surface area contributed by atoms with Crippen LogP contribution in [0, 0.1) is 6.92 Å². The van der Waals surface area contributed by atoms with Crippen LogP contribution in [0.3, 0.4) is 0 Å². The van der Waals surface area contributed by atoms with Crippen LogP contribution in [0.2, 0.25) is 5.02 Å². The van der Waals surface area contributed by atoms with E-state index in [1.807, 2.05) is 6.92 Å². The maximum absolute atomic E-state index is 11.7. The number of carbonyl (C=O) groups excluding carboxylic acids is 1. The van der Waals surface area contributed by atoms with Crippen LogP contribution in [0.4, 0.5) is 0 Å². The van der Waals surface area contributed by atoms with Gasteiger partial charge in [0.05, 0.1) is 23.0 Å². The molecule has 2 rings (SSSR count). The minimum atomic E-state index is -0.0663. The summed E-state index contributed by atoms with van der Waals surface area (Å²) in [7, 11) is 0. The van der Waals surface area contributed by atoms with Gasteiger partial charge in [0.25, 0.3) is 0 Å². The van der Waals surface area contributed by atoms with Crippen molar-refractivity contribution in [2.45, 2.75) is 32.4 Å². The first-order chi connectivity index (χ1) is 8.16. The van der Waals surface area contributed by atoms with Crippen molar-refractivity contribution in [2.24, 2.45) is 0 Å². The predicted molar refractivity (Wildman–Crippen MR) is 64.0 cm³/mol. The standard InChI is InChI=1S/C11H16ClN3O2/c1-8-10(12)6-14-15(8)7-11(16)13-5-9-3-2-4-17-9/h6,9H,2-5,7H2,1H3,(H,13,16). The summed E-state index contributed by atoms with van der Waals surface area (Å²) in [5, 5.41) is 7.45. The third kappa shape index (κ3) is 3.20.